The van der Waals surface area contributed by atoms with Crippen LogP contribution in [0.4, 0.5) is 18.9 Å². The Morgan fingerprint density at radius 3 is 2.23 bits per heavy atom. The summed E-state index contributed by atoms with van der Waals surface area (Å²) in [4.78, 5) is 14.2. The zero-order valence-corrected chi connectivity index (χ0v) is 17.8. The van der Waals surface area contributed by atoms with Gasteiger partial charge in [-0.05, 0) is 42.8 Å². The van der Waals surface area contributed by atoms with Crippen LogP contribution >= 0.6 is 0 Å². The molecule has 0 unspecified atom stereocenters. The van der Waals surface area contributed by atoms with Crippen molar-refractivity contribution in [2.75, 3.05) is 24.7 Å². The summed E-state index contributed by atoms with van der Waals surface area (Å²) in [6.45, 7) is 1.53. The van der Waals surface area contributed by atoms with Gasteiger partial charge in [-0.3, -0.25) is 9.10 Å². The predicted octanol–water partition coefficient (Wildman–Crippen LogP) is 3.53. The number of amides is 1. The van der Waals surface area contributed by atoms with Gasteiger partial charge in [0.25, 0.3) is 0 Å². The Kier molecular flexibility index (Phi) is 7.02. The Morgan fingerprint density at radius 2 is 1.73 bits per heavy atom. The minimum atomic E-state index is -4.64. The Hall–Kier alpha value is -2.75. The van der Waals surface area contributed by atoms with Gasteiger partial charge in [0.2, 0.25) is 15.9 Å². The van der Waals surface area contributed by atoms with Crippen LogP contribution in [0.5, 0.6) is 5.75 Å². The molecule has 0 bridgehead atoms. The number of benzene rings is 2. The molecule has 0 radical (unpaired) electrons. The molecule has 164 valence electrons. The predicted molar refractivity (Wildman–Crippen MR) is 108 cm³/mol. The van der Waals surface area contributed by atoms with Crippen LogP contribution in [0.15, 0.2) is 48.5 Å². The average molecular weight is 444 g/mol. The van der Waals surface area contributed by atoms with Gasteiger partial charge in [-0.25, -0.2) is 8.42 Å². The molecule has 2 aromatic carbocycles. The van der Waals surface area contributed by atoms with Crippen molar-refractivity contribution < 1.29 is 31.1 Å². The molecule has 0 aliphatic rings. The number of nitrogens with zero attached hydrogens (tertiary/aromatic N) is 2. The molecule has 0 saturated carbocycles. The third kappa shape index (κ3) is 5.65. The van der Waals surface area contributed by atoms with E-state index in [9.17, 15) is 26.4 Å². The maximum Gasteiger partial charge on any atom is 0.416 e. The van der Waals surface area contributed by atoms with Crippen LogP contribution in [-0.2, 0) is 27.5 Å². The van der Waals surface area contributed by atoms with Crippen molar-refractivity contribution in [3.63, 3.8) is 0 Å². The number of ether oxygens (including phenoxy) is 1. The van der Waals surface area contributed by atoms with Gasteiger partial charge in [0.15, 0.2) is 0 Å². The van der Waals surface area contributed by atoms with E-state index in [2.05, 4.69) is 0 Å². The number of halogens is 3. The molecule has 0 saturated heterocycles. The maximum absolute atomic E-state index is 13.1. The molecular formula is C20H23F3N2O4S. The largest absolute Gasteiger partial charge is 0.497 e. The molecule has 2 aromatic rings. The van der Waals surface area contributed by atoms with Gasteiger partial charge in [-0.15, -0.1) is 0 Å². The number of hydrogen-bond acceptors (Lipinski definition) is 4. The van der Waals surface area contributed by atoms with Crippen LogP contribution in [0.1, 0.15) is 18.1 Å². The topological polar surface area (TPSA) is 66.9 Å². The van der Waals surface area contributed by atoms with Crippen molar-refractivity contribution in [2.45, 2.75) is 25.7 Å². The highest BCUT2D eigenvalue weighted by Gasteiger charge is 2.34. The van der Waals surface area contributed by atoms with Crippen molar-refractivity contribution in [2.24, 2.45) is 0 Å². The molecule has 0 aromatic heterocycles. The number of anilines is 1. The number of rotatable bonds is 7. The van der Waals surface area contributed by atoms with Crippen LogP contribution < -0.4 is 9.04 Å². The standard InChI is InChI=1S/C20H23F3N2O4S/c1-14(19(26)24(2)13-15-8-10-18(29-3)11-9-15)25(30(4,27)28)17-7-5-6-16(12-17)20(21,22)23/h5-12,14H,13H2,1-4H3/t14-/m0/s1. The first kappa shape index (κ1) is 23.5. The molecule has 0 heterocycles. The van der Waals surface area contributed by atoms with Crippen LogP contribution in [0.3, 0.4) is 0 Å². The molecule has 0 aliphatic heterocycles. The summed E-state index contributed by atoms with van der Waals surface area (Å²) in [5, 5.41) is 0. The summed E-state index contributed by atoms with van der Waals surface area (Å²) in [7, 11) is -1.01. The van der Waals surface area contributed by atoms with E-state index < -0.39 is 33.7 Å². The van der Waals surface area contributed by atoms with Gasteiger partial charge in [-0.2, -0.15) is 13.2 Å². The SMILES string of the molecule is COc1ccc(CN(C)C(=O)[C@H](C)N(c2cccc(C(F)(F)F)c2)S(C)(=O)=O)cc1. The quantitative estimate of drug-likeness (QED) is 0.655. The van der Waals surface area contributed by atoms with E-state index >= 15 is 0 Å². The highest BCUT2D eigenvalue weighted by atomic mass is 32.2. The average Bonchev–Trinajstić information content (AvgIpc) is 2.66. The number of methoxy groups -OCH3 is 1. The summed E-state index contributed by atoms with van der Waals surface area (Å²) in [6.07, 6.45) is -3.79. The lowest BCUT2D eigenvalue weighted by Crippen LogP contribution is -2.48. The number of likely N-dealkylation sites (N-methyl/N-ethyl adjacent to an activating group) is 1. The Morgan fingerprint density at radius 1 is 1.13 bits per heavy atom. The van der Waals surface area contributed by atoms with E-state index in [0.29, 0.717) is 16.1 Å². The Labute approximate surface area is 173 Å². The minimum Gasteiger partial charge on any atom is -0.497 e. The van der Waals surface area contributed by atoms with Crippen molar-refractivity contribution in [1.82, 2.24) is 4.90 Å². The molecule has 6 nitrogen and oxygen atoms in total. The molecule has 2 rings (SSSR count). The lowest BCUT2D eigenvalue weighted by atomic mass is 10.1. The molecule has 1 atom stereocenters. The van der Waals surface area contributed by atoms with E-state index in [-0.39, 0.29) is 12.2 Å². The molecule has 10 heteroatoms. The van der Waals surface area contributed by atoms with Crippen LogP contribution in [0.2, 0.25) is 0 Å². The minimum absolute atomic E-state index is 0.188. The summed E-state index contributed by atoms with van der Waals surface area (Å²) in [5.41, 5.74) is -0.449. The Bertz CT molecular complexity index is 992. The molecule has 0 aliphatic carbocycles. The van der Waals surface area contributed by atoms with E-state index in [0.717, 1.165) is 24.0 Å². The van der Waals surface area contributed by atoms with Gasteiger partial charge >= 0.3 is 6.18 Å². The third-order valence-corrected chi connectivity index (χ3v) is 5.69. The van der Waals surface area contributed by atoms with Crippen molar-refractivity contribution in [1.29, 1.82) is 0 Å². The molecule has 1 amide bonds. The maximum atomic E-state index is 13.1. The van der Waals surface area contributed by atoms with E-state index in [1.165, 1.54) is 32.0 Å². The molecular weight excluding hydrogens is 421 g/mol. The molecule has 0 fully saturated rings. The Balaban J connectivity index is 2.30. The van der Waals surface area contributed by atoms with Crippen molar-refractivity contribution in [3.05, 3.63) is 59.7 Å². The second-order valence-corrected chi connectivity index (χ2v) is 8.68. The van der Waals surface area contributed by atoms with Crippen LogP contribution in [0.25, 0.3) is 0 Å². The second-order valence-electron chi connectivity index (χ2n) is 6.83. The monoisotopic (exact) mass is 444 g/mol. The smallest absolute Gasteiger partial charge is 0.416 e. The number of alkyl halides is 3. The van der Waals surface area contributed by atoms with Gasteiger partial charge in [0, 0.05) is 13.6 Å². The van der Waals surface area contributed by atoms with Gasteiger partial charge < -0.3 is 9.64 Å². The van der Waals surface area contributed by atoms with Crippen LogP contribution in [-0.4, -0.2) is 45.7 Å². The fourth-order valence-corrected chi connectivity index (χ4v) is 4.18. The first-order chi connectivity index (χ1) is 13.8. The fraction of sp³-hybridized carbons (Fsp3) is 0.350. The summed E-state index contributed by atoms with van der Waals surface area (Å²) < 4.78 is 69.7. The summed E-state index contributed by atoms with van der Waals surface area (Å²) in [6, 6.07) is 9.61. The van der Waals surface area contributed by atoms with E-state index in [4.69, 9.17) is 4.74 Å². The molecule has 30 heavy (non-hydrogen) atoms. The first-order valence-corrected chi connectivity index (χ1v) is 10.7. The normalized spacial score (nSPS) is 12.9. The fourth-order valence-electron chi connectivity index (χ4n) is 3.02. The van der Waals surface area contributed by atoms with Gasteiger partial charge in [-0.1, -0.05) is 18.2 Å². The highest BCUT2D eigenvalue weighted by molar-refractivity contribution is 7.92. The van der Waals surface area contributed by atoms with Crippen LogP contribution in [0, 0.1) is 0 Å². The molecule has 0 spiro atoms. The highest BCUT2D eigenvalue weighted by Crippen LogP contribution is 2.33. The number of carbonyl (C=O) groups is 1. The number of sulfonamides is 1. The third-order valence-electron chi connectivity index (χ3n) is 4.45. The zero-order chi connectivity index (χ0) is 22.7. The second kappa shape index (κ2) is 8.95. The lowest BCUT2D eigenvalue weighted by Gasteiger charge is -2.31. The summed E-state index contributed by atoms with van der Waals surface area (Å²) >= 11 is 0. The first-order valence-electron chi connectivity index (χ1n) is 8.89. The number of hydrogen-bond donors (Lipinski definition) is 0. The molecule has 0 N–H and O–H groups in total. The number of carbonyl (C=O) groups excluding carboxylic acids is 1. The van der Waals surface area contributed by atoms with Gasteiger partial charge in [0.05, 0.1) is 24.6 Å². The zero-order valence-electron chi connectivity index (χ0n) is 17.0. The summed E-state index contributed by atoms with van der Waals surface area (Å²) in [5.74, 6) is 0.0857. The van der Waals surface area contributed by atoms with Crippen molar-refractivity contribution >= 4 is 21.6 Å². The van der Waals surface area contributed by atoms with E-state index in [1.54, 1.807) is 24.3 Å². The van der Waals surface area contributed by atoms with Crippen molar-refractivity contribution in [3.8, 4) is 5.75 Å². The van der Waals surface area contributed by atoms with E-state index in [1.807, 2.05) is 0 Å². The van der Waals surface area contributed by atoms with Gasteiger partial charge in [0.1, 0.15) is 11.8 Å². The lowest BCUT2D eigenvalue weighted by molar-refractivity contribution is -0.137.